The SMILES string of the molecule is CC(C)[C@H]1COC(=O)[C@H](Cc2ccccc2)CC=CC[C@H](CC(=O)N[C@@H](C)CO)C(=O)N1. The average molecular weight is 445 g/mol. The first-order valence-corrected chi connectivity index (χ1v) is 11.4. The summed E-state index contributed by atoms with van der Waals surface area (Å²) in [6.07, 6.45) is 5.26. The molecule has 0 spiro atoms. The Balaban J connectivity index is 2.16. The van der Waals surface area contributed by atoms with Gasteiger partial charge in [0.15, 0.2) is 0 Å². The van der Waals surface area contributed by atoms with Crippen LogP contribution in [0.3, 0.4) is 0 Å². The van der Waals surface area contributed by atoms with Crippen molar-refractivity contribution in [3.8, 4) is 0 Å². The minimum absolute atomic E-state index is 0.0263. The Morgan fingerprint density at radius 3 is 2.41 bits per heavy atom. The Morgan fingerprint density at radius 1 is 1.12 bits per heavy atom. The number of aliphatic hydroxyl groups excluding tert-OH is 1. The maximum atomic E-state index is 12.9. The summed E-state index contributed by atoms with van der Waals surface area (Å²) in [6, 6.07) is 9.12. The molecule has 0 aromatic heterocycles. The van der Waals surface area contributed by atoms with Crippen LogP contribution in [0.25, 0.3) is 0 Å². The van der Waals surface area contributed by atoms with Gasteiger partial charge in [0.2, 0.25) is 11.8 Å². The van der Waals surface area contributed by atoms with E-state index in [2.05, 4.69) is 10.6 Å². The molecule has 4 atom stereocenters. The zero-order valence-electron chi connectivity index (χ0n) is 19.3. The maximum Gasteiger partial charge on any atom is 0.309 e. The third-order valence-electron chi connectivity index (χ3n) is 5.69. The number of ether oxygens (including phenoxy) is 1. The first kappa shape index (κ1) is 25.6. The quantitative estimate of drug-likeness (QED) is 0.442. The van der Waals surface area contributed by atoms with E-state index in [4.69, 9.17) is 9.84 Å². The van der Waals surface area contributed by atoms with E-state index in [1.54, 1.807) is 6.92 Å². The summed E-state index contributed by atoms with van der Waals surface area (Å²) in [5.41, 5.74) is 1.07. The van der Waals surface area contributed by atoms with Crippen molar-refractivity contribution in [1.82, 2.24) is 10.6 Å². The Bertz CT molecular complexity index is 778. The highest BCUT2D eigenvalue weighted by Gasteiger charge is 2.28. The van der Waals surface area contributed by atoms with Gasteiger partial charge in [-0.1, -0.05) is 56.3 Å². The highest BCUT2D eigenvalue weighted by Crippen LogP contribution is 2.19. The van der Waals surface area contributed by atoms with Gasteiger partial charge in [0, 0.05) is 12.5 Å². The fourth-order valence-electron chi connectivity index (χ4n) is 3.56. The summed E-state index contributed by atoms with van der Waals surface area (Å²) in [6.45, 7) is 5.55. The number of rotatable bonds is 7. The maximum absolute atomic E-state index is 12.9. The van der Waals surface area contributed by atoms with Crippen LogP contribution in [0.2, 0.25) is 0 Å². The predicted molar refractivity (Wildman–Crippen MR) is 123 cm³/mol. The van der Waals surface area contributed by atoms with Crippen molar-refractivity contribution in [3.05, 3.63) is 48.0 Å². The molecule has 7 nitrogen and oxygen atoms in total. The molecule has 176 valence electrons. The summed E-state index contributed by atoms with van der Waals surface area (Å²) in [7, 11) is 0. The second-order valence-electron chi connectivity index (χ2n) is 8.87. The lowest BCUT2D eigenvalue weighted by atomic mass is 9.93. The Morgan fingerprint density at radius 2 is 1.78 bits per heavy atom. The number of esters is 1. The molecule has 1 aromatic rings. The van der Waals surface area contributed by atoms with E-state index in [9.17, 15) is 14.4 Å². The minimum Gasteiger partial charge on any atom is -0.463 e. The van der Waals surface area contributed by atoms with E-state index in [1.807, 2.05) is 56.3 Å². The molecule has 3 N–H and O–H groups in total. The molecule has 0 unspecified atom stereocenters. The van der Waals surface area contributed by atoms with Crippen LogP contribution in [0.1, 0.15) is 45.6 Å². The number of amides is 2. The van der Waals surface area contributed by atoms with Gasteiger partial charge in [0.25, 0.3) is 0 Å². The van der Waals surface area contributed by atoms with E-state index in [1.165, 1.54) is 0 Å². The molecule has 32 heavy (non-hydrogen) atoms. The van der Waals surface area contributed by atoms with Crippen LogP contribution >= 0.6 is 0 Å². The number of cyclic esters (lactones) is 1. The first-order chi connectivity index (χ1) is 15.3. The molecular weight excluding hydrogens is 408 g/mol. The molecule has 0 saturated carbocycles. The monoisotopic (exact) mass is 444 g/mol. The van der Waals surface area contributed by atoms with Crippen LogP contribution in [-0.2, 0) is 25.5 Å². The lowest BCUT2D eigenvalue weighted by Crippen LogP contribution is -2.46. The highest BCUT2D eigenvalue weighted by molar-refractivity contribution is 5.86. The van der Waals surface area contributed by atoms with Gasteiger partial charge in [-0.3, -0.25) is 14.4 Å². The number of allylic oxidation sites excluding steroid dienone is 2. The number of carbonyl (C=O) groups is 3. The topological polar surface area (TPSA) is 105 Å². The van der Waals surface area contributed by atoms with Crippen molar-refractivity contribution in [3.63, 3.8) is 0 Å². The third kappa shape index (κ3) is 8.46. The van der Waals surface area contributed by atoms with Crippen molar-refractivity contribution >= 4 is 17.8 Å². The van der Waals surface area contributed by atoms with Gasteiger partial charge in [-0.25, -0.2) is 0 Å². The summed E-state index contributed by atoms with van der Waals surface area (Å²) in [5.74, 6) is -1.58. The fraction of sp³-hybridized carbons (Fsp3) is 0.560. The second kappa shape index (κ2) is 13.0. The van der Waals surface area contributed by atoms with E-state index in [-0.39, 0.29) is 61.3 Å². The summed E-state index contributed by atoms with van der Waals surface area (Å²) in [4.78, 5) is 38.0. The molecule has 0 aliphatic carbocycles. The molecule has 1 aliphatic heterocycles. The second-order valence-corrected chi connectivity index (χ2v) is 8.87. The Kier molecular flexibility index (Phi) is 10.4. The van der Waals surface area contributed by atoms with Crippen LogP contribution < -0.4 is 10.6 Å². The summed E-state index contributed by atoms with van der Waals surface area (Å²) in [5, 5.41) is 14.8. The molecule has 0 radical (unpaired) electrons. The number of hydrogen-bond acceptors (Lipinski definition) is 5. The van der Waals surface area contributed by atoms with Crippen LogP contribution in [0.4, 0.5) is 0 Å². The lowest BCUT2D eigenvalue weighted by molar-refractivity contribution is -0.150. The smallest absolute Gasteiger partial charge is 0.309 e. The molecule has 7 heteroatoms. The average Bonchev–Trinajstić information content (AvgIpc) is 2.76. The minimum atomic E-state index is -0.541. The van der Waals surface area contributed by atoms with Gasteiger partial charge in [0.1, 0.15) is 6.61 Å². The fourth-order valence-corrected chi connectivity index (χ4v) is 3.56. The largest absolute Gasteiger partial charge is 0.463 e. The van der Waals surface area contributed by atoms with Gasteiger partial charge < -0.3 is 20.5 Å². The van der Waals surface area contributed by atoms with E-state index in [0.29, 0.717) is 19.3 Å². The van der Waals surface area contributed by atoms with Crippen molar-refractivity contribution in [1.29, 1.82) is 0 Å². The summed E-state index contributed by atoms with van der Waals surface area (Å²) >= 11 is 0. The van der Waals surface area contributed by atoms with Crippen LogP contribution in [0, 0.1) is 17.8 Å². The van der Waals surface area contributed by atoms with Gasteiger partial charge in [0.05, 0.1) is 24.5 Å². The molecular formula is C25H36N2O5. The standard InChI is InChI=1S/C25H36N2O5/c1-17(2)22-16-32-25(31)21(13-19-9-5-4-6-10-19)12-8-7-11-20(24(30)27-22)14-23(29)26-18(3)15-28/h4-10,17-18,20-22,28H,11-16H2,1-3H3,(H,26,29)(H,27,30)/t18-,20+,21-,22+/m0/s1. The van der Waals surface area contributed by atoms with Gasteiger partial charge >= 0.3 is 5.97 Å². The normalized spacial score (nSPS) is 23.5. The van der Waals surface area contributed by atoms with Crippen LogP contribution in [0.15, 0.2) is 42.5 Å². The predicted octanol–water partition coefficient (Wildman–Crippen LogP) is 2.38. The zero-order valence-corrected chi connectivity index (χ0v) is 19.3. The molecule has 2 rings (SSSR count). The van der Waals surface area contributed by atoms with E-state index in [0.717, 1.165) is 5.56 Å². The van der Waals surface area contributed by atoms with E-state index >= 15 is 0 Å². The number of benzene rings is 1. The molecule has 1 heterocycles. The van der Waals surface area contributed by atoms with Gasteiger partial charge in [-0.2, -0.15) is 0 Å². The summed E-state index contributed by atoms with van der Waals surface area (Å²) < 4.78 is 5.61. The molecule has 2 amide bonds. The van der Waals surface area contributed by atoms with Crippen molar-refractivity contribution in [2.45, 2.75) is 58.5 Å². The van der Waals surface area contributed by atoms with Crippen LogP contribution in [-0.4, -0.2) is 48.2 Å². The molecule has 1 aliphatic rings. The molecule has 0 fully saturated rings. The van der Waals surface area contributed by atoms with Gasteiger partial charge in [-0.15, -0.1) is 0 Å². The Hall–Kier alpha value is -2.67. The van der Waals surface area contributed by atoms with E-state index < -0.39 is 5.92 Å². The first-order valence-electron chi connectivity index (χ1n) is 11.4. The molecule has 0 bridgehead atoms. The van der Waals surface area contributed by atoms with Gasteiger partial charge in [-0.05, 0) is 37.7 Å². The van der Waals surface area contributed by atoms with Crippen LogP contribution in [0.5, 0.6) is 0 Å². The molecule has 1 aromatic carbocycles. The molecule has 0 saturated heterocycles. The number of aliphatic hydroxyl groups is 1. The van der Waals surface area contributed by atoms with Crippen molar-refractivity contribution in [2.24, 2.45) is 17.8 Å². The lowest BCUT2D eigenvalue weighted by Gasteiger charge is -2.26. The number of hydrogen-bond donors (Lipinski definition) is 3. The number of carbonyl (C=O) groups excluding carboxylic acids is 3. The number of nitrogens with one attached hydrogen (secondary N) is 2. The van der Waals surface area contributed by atoms with Crippen molar-refractivity contribution in [2.75, 3.05) is 13.2 Å². The van der Waals surface area contributed by atoms with Crippen molar-refractivity contribution < 1.29 is 24.2 Å². The Labute approximate surface area is 190 Å². The zero-order chi connectivity index (χ0) is 23.5. The third-order valence-corrected chi connectivity index (χ3v) is 5.69. The highest BCUT2D eigenvalue weighted by atomic mass is 16.5.